The molecule has 3 aromatic rings. The number of hydrogen-bond donors (Lipinski definition) is 0. The third kappa shape index (κ3) is 4.03. The molecule has 0 amide bonds. The van der Waals surface area contributed by atoms with Gasteiger partial charge in [-0.15, -0.1) is 0 Å². The molecule has 6 nitrogen and oxygen atoms in total. The van der Waals surface area contributed by atoms with Crippen molar-refractivity contribution < 1.29 is 36.2 Å². The molecular formula is C18H12F5N3O3. The van der Waals surface area contributed by atoms with E-state index in [2.05, 4.69) is 14.8 Å². The summed E-state index contributed by atoms with van der Waals surface area (Å²) in [5.74, 6) is -14.5. The smallest absolute Gasteiger partial charge is 0.362 e. The molecule has 0 aliphatic heterocycles. The number of hydrogen-bond acceptors (Lipinski definition) is 5. The normalized spacial score (nSPS) is 10.8. The molecule has 2 aromatic heterocycles. The summed E-state index contributed by atoms with van der Waals surface area (Å²) in [6, 6.07) is 4.30. The topological polar surface area (TPSA) is 66.2 Å². The van der Waals surface area contributed by atoms with Gasteiger partial charge in [-0.05, 0) is 25.1 Å². The van der Waals surface area contributed by atoms with Crippen LogP contribution in [0.2, 0.25) is 0 Å². The van der Waals surface area contributed by atoms with Gasteiger partial charge in [0.05, 0.1) is 13.2 Å². The Balaban J connectivity index is 1.91. The maximum absolute atomic E-state index is 13.7. The van der Waals surface area contributed by atoms with E-state index in [-0.39, 0.29) is 19.0 Å². The second-order valence-electron chi connectivity index (χ2n) is 5.59. The van der Waals surface area contributed by atoms with Gasteiger partial charge in [0.2, 0.25) is 40.7 Å². The first-order chi connectivity index (χ1) is 13.8. The molecule has 1 aromatic carbocycles. The highest BCUT2D eigenvalue weighted by Crippen LogP contribution is 2.30. The van der Waals surface area contributed by atoms with E-state index in [0.29, 0.717) is 5.56 Å². The van der Waals surface area contributed by atoms with Crippen molar-refractivity contribution in [1.29, 1.82) is 0 Å². The first-order valence-corrected chi connectivity index (χ1v) is 8.17. The van der Waals surface area contributed by atoms with Crippen molar-refractivity contribution >= 4 is 5.97 Å². The van der Waals surface area contributed by atoms with Crippen LogP contribution in [0.25, 0.3) is 0 Å². The number of pyridine rings is 1. The van der Waals surface area contributed by atoms with Crippen molar-refractivity contribution in [3.63, 3.8) is 0 Å². The Hall–Kier alpha value is -3.50. The van der Waals surface area contributed by atoms with Gasteiger partial charge in [-0.2, -0.15) is 13.9 Å². The van der Waals surface area contributed by atoms with Gasteiger partial charge in [-0.3, -0.25) is 4.68 Å². The average molecular weight is 413 g/mol. The highest BCUT2D eigenvalue weighted by atomic mass is 19.2. The Morgan fingerprint density at radius 3 is 2.28 bits per heavy atom. The van der Waals surface area contributed by atoms with Crippen LogP contribution in [-0.4, -0.2) is 27.3 Å². The van der Waals surface area contributed by atoms with E-state index in [1.807, 2.05) is 0 Å². The lowest BCUT2D eigenvalue weighted by atomic mass is 10.2. The summed E-state index contributed by atoms with van der Waals surface area (Å²) in [7, 11) is 0. The number of carbonyl (C=O) groups is 1. The van der Waals surface area contributed by atoms with Gasteiger partial charge >= 0.3 is 5.97 Å². The molecule has 0 fully saturated rings. The van der Waals surface area contributed by atoms with Crippen molar-refractivity contribution in [3.05, 3.63) is 70.9 Å². The van der Waals surface area contributed by atoms with Gasteiger partial charge in [-0.1, -0.05) is 0 Å². The molecule has 0 spiro atoms. The number of halogens is 5. The van der Waals surface area contributed by atoms with Crippen LogP contribution in [0, 0.1) is 29.1 Å². The van der Waals surface area contributed by atoms with Gasteiger partial charge < -0.3 is 9.47 Å². The average Bonchev–Trinajstić information content (AvgIpc) is 3.22. The predicted octanol–water partition coefficient (Wildman–Crippen LogP) is 3.64. The minimum Gasteiger partial charge on any atom is -0.478 e. The van der Waals surface area contributed by atoms with Gasteiger partial charge in [-0.25, -0.2) is 22.9 Å². The fourth-order valence-corrected chi connectivity index (χ4v) is 2.35. The van der Waals surface area contributed by atoms with Crippen LogP contribution >= 0.6 is 0 Å². The number of ether oxygens (including phenoxy) is 2. The Labute approximate surface area is 160 Å². The van der Waals surface area contributed by atoms with E-state index in [1.54, 1.807) is 30.1 Å². The van der Waals surface area contributed by atoms with Crippen LogP contribution in [0.1, 0.15) is 23.0 Å². The van der Waals surface area contributed by atoms with E-state index in [9.17, 15) is 26.7 Å². The largest absolute Gasteiger partial charge is 0.478 e. The first-order valence-electron chi connectivity index (χ1n) is 8.17. The summed E-state index contributed by atoms with van der Waals surface area (Å²) < 4.78 is 78.3. The minimum absolute atomic E-state index is 0.0230. The molecule has 0 atom stereocenters. The van der Waals surface area contributed by atoms with E-state index >= 15 is 0 Å². The molecule has 11 heteroatoms. The van der Waals surface area contributed by atoms with Crippen LogP contribution in [0.4, 0.5) is 22.0 Å². The zero-order chi connectivity index (χ0) is 21.1. The Morgan fingerprint density at radius 1 is 1.03 bits per heavy atom. The van der Waals surface area contributed by atoms with Crippen molar-refractivity contribution in [2.75, 3.05) is 6.61 Å². The molecule has 29 heavy (non-hydrogen) atoms. The molecule has 0 aliphatic rings. The van der Waals surface area contributed by atoms with Crippen molar-refractivity contribution in [1.82, 2.24) is 14.8 Å². The quantitative estimate of drug-likeness (QED) is 0.203. The summed E-state index contributed by atoms with van der Waals surface area (Å²) in [5, 5.41) is 4.03. The summed E-state index contributed by atoms with van der Waals surface area (Å²) in [4.78, 5) is 16.1. The van der Waals surface area contributed by atoms with Crippen molar-refractivity contribution in [2.45, 2.75) is 13.5 Å². The van der Waals surface area contributed by atoms with Crippen LogP contribution in [0.5, 0.6) is 11.6 Å². The number of nitrogens with zero attached hydrogens (tertiary/aromatic N) is 3. The Bertz CT molecular complexity index is 1030. The Kier molecular flexibility index (Phi) is 5.76. The standard InChI is InChI=1S/C18H12F5N3O3/c1-2-28-17-9(8-26-7-3-6-24-26)4-5-10(25-17)18(27)29-16-14(22)12(20)11(19)13(21)15(16)23/h3-7H,2,8H2,1H3. The summed E-state index contributed by atoms with van der Waals surface area (Å²) in [5.41, 5.74) is 0.0740. The highest BCUT2D eigenvalue weighted by Gasteiger charge is 2.29. The number of rotatable bonds is 6. The molecular weight excluding hydrogens is 401 g/mol. The second-order valence-corrected chi connectivity index (χ2v) is 5.59. The number of esters is 1. The molecule has 2 heterocycles. The van der Waals surface area contributed by atoms with Crippen molar-refractivity contribution in [2.24, 2.45) is 0 Å². The number of carbonyl (C=O) groups excluding carboxylic acids is 1. The monoisotopic (exact) mass is 413 g/mol. The maximum atomic E-state index is 13.7. The zero-order valence-corrected chi connectivity index (χ0v) is 14.8. The number of aromatic nitrogens is 3. The fourth-order valence-electron chi connectivity index (χ4n) is 2.35. The van der Waals surface area contributed by atoms with E-state index < -0.39 is 46.5 Å². The molecule has 0 radical (unpaired) electrons. The third-order valence-electron chi connectivity index (χ3n) is 3.69. The van der Waals surface area contributed by atoms with Crippen LogP contribution < -0.4 is 9.47 Å². The number of benzene rings is 1. The lowest BCUT2D eigenvalue weighted by molar-refractivity contribution is 0.0708. The summed E-state index contributed by atoms with van der Waals surface area (Å²) >= 11 is 0. The minimum atomic E-state index is -2.36. The SMILES string of the molecule is CCOc1nc(C(=O)Oc2c(F)c(F)c(F)c(F)c2F)ccc1Cn1cccn1. The molecule has 0 aliphatic carbocycles. The zero-order valence-electron chi connectivity index (χ0n) is 14.8. The van der Waals surface area contributed by atoms with E-state index in [0.717, 1.165) is 6.07 Å². The molecule has 0 saturated heterocycles. The Morgan fingerprint density at radius 2 is 1.69 bits per heavy atom. The van der Waals surface area contributed by atoms with Gasteiger partial charge in [0.1, 0.15) is 0 Å². The highest BCUT2D eigenvalue weighted by molar-refractivity contribution is 5.89. The lowest BCUT2D eigenvalue weighted by Crippen LogP contribution is -2.16. The van der Waals surface area contributed by atoms with Crippen LogP contribution in [-0.2, 0) is 6.54 Å². The van der Waals surface area contributed by atoms with E-state index in [1.165, 1.54) is 6.07 Å². The van der Waals surface area contributed by atoms with Crippen LogP contribution in [0.15, 0.2) is 30.6 Å². The third-order valence-corrected chi connectivity index (χ3v) is 3.69. The summed E-state index contributed by atoms with van der Waals surface area (Å²) in [6.45, 7) is 2.11. The maximum Gasteiger partial charge on any atom is 0.362 e. The van der Waals surface area contributed by atoms with Crippen LogP contribution in [0.3, 0.4) is 0 Å². The molecule has 0 bridgehead atoms. The molecule has 0 N–H and O–H groups in total. The van der Waals surface area contributed by atoms with Gasteiger partial charge in [0, 0.05) is 18.0 Å². The predicted molar refractivity (Wildman–Crippen MR) is 87.9 cm³/mol. The second kappa shape index (κ2) is 8.25. The fraction of sp³-hybridized carbons (Fsp3) is 0.167. The lowest BCUT2D eigenvalue weighted by Gasteiger charge is -2.12. The van der Waals surface area contributed by atoms with Gasteiger partial charge in [0.25, 0.3) is 0 Å². The molecule has 152 valence electrons. The first kappa shape index (κ1) is 20.2. The van der Waals surface area contributed by atoms with E-state index in [4.69, 9.17) is 4.74 Å². The van der Waals surface area contributed by atoms with Gasteiger partial charge in [0.15, 0.2) is 5.69 Å². The molecule has 0 saturated carbocycles. The molecule has 0 unspecified atom stereocenters. The summed E-state index contributed by atoms with van der Waals surface area (Å²) in [6.07, 6.45) is 3.24. The van der Waals surface area contributed by atoms with Crippen molar-refractivity contribution in [3.8, 4) is 11.6 Å². The molecule has 3 rings (SSSR count).